The minimum Gasteiger partial charge on any atom is -0.496 e. The van der Waals surface area contributed by atoms with Gasteiger partial charge in [-0.05, 0) is 18.1 Å². The van der Waals surface area contributed by atoms with Gasteiger partial charge in [-0.15, -0.1) is 0 Å². The summed E-state index contributed by atoms with van der Waals surface area (Å²) in [7, 11) is 1.51. The van der Waals surface area contributed by atoms with Gasteiger partial charge in [-0.3, -0.25) is 19.7 Å². The Morgan fingerprint density at radius 2 is 1.95 bits per heavy atom. The van der Waals surface area contributed by atoms with E-state index >= 15 is 0 Å². The molecule has 1 unspecified atom stereocenters. The van der Waals surface area contributed by atoms with Gasteiger partial charge in [0, 0.05) is 13.0 Å². The Balaban J connectivity index is 0.000000847. The van der Waals surface area contributed by atoms with Gasteiger partial charge in [0.05, 0.1) is 12.7 Å². The van der Waals surface area contributed by atoms with Gasteiger partial charge in [-0.2, -0.15) is 0 Å². The minimum absolute atomic E-state index is 0.216. The zero-order valence-corrected chi connectivity index (χ0v) is 13.0. The van der Waals surface area contributed by atoms with Gasteiger partial charge in [-0.1, -0.05) is 26.0 Å². The van der Waals surface area contributed by atoms with E-state index in [4.69, 9.17) is 4.74 Å². The molecule has 1 N–H and O–H groups in total. The maximum atomic E-state index is 12.5. The number of hydrogen-bond donors (Lipinski definition) is 1. The maximum Gasteiger partial charge on any atom is 0.258 e. The monoisotopic (exact) mass is 304 g/mol. The van der Waals surface area contributed by atoms with Crippen LogP contribution in [0.4, 0.5) is 0 Å². The molecule has 1 aromatic rings. The molecule has 2 aliphatic heterocycles. The first kappa shape index (κ1) is 16.0. The van der Waals surface area contributed by atoms with Crippen LogP contribution in [0.15, 0.2) is 18.2 Å². The number of methoxy groups -OCH3 is 1. The number of piperidine rings is 1. The molecule has 6 heteroatoms. The number of ether oxygens (including phenoxy) is 1. The standard InChI is InChI=1S/C14H14N2O4.C2H6/c1-20-10-4-2-3-8-7-16(14(19)12(8)10)9-5-6-11(17)15-13(9)18;1-2/h2-4,9H,5-7H2,1H3,(H,15,17,18);1-2H3. The van der Waals surface area contributed by atoms with Gasteiger partial charge in [0.2, 0.25) is 11.8 Å². The van der Waals surface area contributed by atoms with Crippen LogP contribution in [0.3, 0.4) is 0 Å². The van der Waals surface area contributed by atoms with Crippen molar-refractivity contribution in [2.75, 3.05) is 7.11 Å². The molecule has 1 saturated heterocycles. The highest BCUT2D eigenvalue weighted by molar-refractivity contribution is 6.06. The molecule has 1 atom stereocenters. The molecule has 1 fully saturated rings. The van der Waals surface area contributed by atoms with Crippen molar-refractivity contribution in [2.24, 2.45) is 0 Å². The number of benzene rings is 1. The van der Waals surface area contributed by atoms with Gasteiger partial charge < -0.3 is 9.64 Å². The van der Waals surface area contributed by atoms with Crippen molar-refractivity contribution in [2.45, 2.75) is 39.3 Å². The highest BCUT2D eigenvalue weighted by Gasteiger charge is 2.40. The summed E-state index contributed by atoms with van der Waals surface area (Å²) in [6, 6.07) is 4.81. The van der Waals surface area contributed by atoms with Crippen LogP contribution in [0.2, 0.25) is 0 Å². The Hall–Kier alpha value is -2.37. The number of amides is 3. The van der Waals surface area contributed by atoms with E-state index in [1.54, 1.807) is 6.07 Å². The topological polar surface area (TPSA) is 75.7 Å². The quantitative estimate of drug-likeness (QED) is 0.840. The molecular formula is C16H20N2O4. The fourth-order valence-electron chi connectivity index (χ4n) is 2.75. The number of carbonyl (C=O) groups is 3. The van der Waals surface area contributed by atoms with Gasteiger partial charge in [0.25, 0.3) is 5.91 Å². The van der Waals surface area contributed by atoms with E-state index in [9.17, 15) is 14.4 Å². The lowest BCUT2D eigenvalue weighted by atomic mass is 10.0. The van der Waals surface area contributed by atoms with Crippen molar-refractivity contribution in [3.63, 3.8) is 0 Å². The van der Waals surface area contributed by atoms with Crippen molar-refractivity contribution in [1.29, 1.82) is 0 Å². The Morgan fingerprint density at radius 1 is 1.23 bits per heavy atom. The Bertz CT molecular complexity index is 612. The zero-order chi connectivity index (χ0) is 16.3. The summed E-state index contributed by atoms with van der Waals surface area (Å²) in [4.78, 5) is 37.1. The first-order valence-corrected chi connectivity index (χ1v) is 7.42. The van der Waals surface area contributed by atoms with Crippen molar-refractivity contribution < 1.29 is 19.1 Å². The molecule has 1 aromatic carbocycles. The minimum atomic E-state index is -0.586. The van der Waals surface area contributed by atoms with Crippen molar-refractivity contribution in [3.05, 3.63) is 29.3 Å². The molecule has 2 aliphatic rings. The summed E-state index contributed by atoms with van der Waals surface area (Å²) in [6.07, 6.45) is 0.625. The van der Waals surface area contributed by atoms with E-state index < -0.39 is 11.9 Å². The molecule has 118 valence electrons. The third-order valence-corrected chi connectivity index (χ3v) is 3.73. The highest BCUT2D eigenvalue weighted by Crippen LogP contribution is 2.33. The lowest BCUT2D eigenvalue weighted by molar-refractivity contribution is -0.136. The molecular weight excluding hydrogens is 284 g/mol. The second-order valence-corrected chi connectivity index (χ2v) is 4.89. The van der Waals surface area contributed by atoms with E-state index in [0.717, 1.165) is 5.56 Å². The summed E-state index contributed by atoms with van der Waals surface area (Å²) in [5, 5.41) is 2.28. The second kappa shape index (κ2) is 6.60. The summed E-state index contributed by atoms with van der Waals surface area (Å²) >= 11 is 0. The van der Waals surface area contributed by atoms with Crippen LogP contribution in [0.1, 0.15) is 42.6 Å². The largest absolute Gasteiger partial charge is 0.496 e. The van der Waals surface area contributed by atoms with Crippen LogP contribution in [0, 0.1) is 0 Å². The summed E-state index contributed by atoms with van der Waals surface area (Å²) in [5.41, 5.74) is 1.36. The summed E-state index contributed by atoms with van der Waals surface area (Å²) in [6.45, 7) is 4.37. The number of carbonyl (C=O) groups excluding carboxylic acids is 3. The first-order valence-electron chi connectivity index (χ1n) is 7.42. The van der Waals surface area contributed by atoms with Crippen LogP contribution in [-0.2, 0) is 16.1 Å². The fraction of sp³-hybridized carbons (Fsp3) is 0.438. The fourth-order valence-corrected chi connectivity index (χ4v) is 2.75. The number of hydrogen-bond acceptors (Lipinski definition) is 4. The number of nitrogens with zero attached hydrogens (tertiary/aromatic N) is 1. The number of rotatable bonds is 2. The summed E-state index contributed by atoms with van der Waals surface area (Å²) in [5.74, 6) is -0.386. The van der Waals surface area contributed by atoms with Gasteiger partial charge in [0.1, 0.15) is 11.8 Å². The van der Waals surface area contributed by atoms with Crippen LogP contribution in [-0.4, -0.2) is 35.8 Å². The predicted molar refractivity (Wildman–Crippen MR) is 80.4 cm³/mol. The Labute approximate surface area is 129 Å². The average molecular weight is 304 g/mol. The third kappa shape index (κ3) is 2.68. The molecule has 0 aromatic heterocycles. The molecule has 3 amide bonds. The summed E-state index contributed by atoms with van der Waals surface area (Å²) < 4.78 is 5.20. The third-order valence-electron chi connectivity index (χ3n) is 3.73. The van der Waals surface area contributed by atoms with E-state index in [1.807, 2.05) is 26.0 Å². The van der Waals surface area contributed by atoms with Gasteiger partial charge in [0.15, 0.2) is 0 Å². The lowest BCUT2D eigenvalue weighted by Crippen LogP contribution is -2.52. The molecule has 3 rings (SSSR count). The van der Waals surface area contributed by atoms with Crippen molar-refractivity contribution in [1.82, 2.24) is 10.2 Å². The number of imide groups is 1. The molecule has 2 heterocycles. The van der Waals surface area contributed by atoms with Gasteiger partial charge >= 0.3 is 0 Å². The molecule has 22 heavy (non-hydrogen) atoms. The molecule has 0 aliphatic carbocycles. The van der Waals surface area contributed by atoms with Crippen LogP contribution < -0.4 is 10.1 Å². The van der Waals surface area contributed by atoms with Crippen LogP contribution in [0.5, 0.6) is 5.75 Å². The van der Waals surface area contributed by atoms with Crippen molar-refractivity contribution >= 4 is 17.7 Å². The normalized spacial score (nSPS) is 20.0. The molecule has 0 radical (unpaired) electrons. The number of fused-ring (bicyclic) bond motifs is 1. The SMILES string of the molecule is CC.COc1cccc2c1C(=O)N(C1CCC(=O)NC1=O)C2. The Morgan fingerprint density at radius 3 is 2.59 bits per heavy atom. The predicted octanol–water partition coefficient (Wildman–Crippen LogP) is 1.48. The maximum absolute atomic E-state index is 12.5. The van der Waals surface area contributed by atoms with E-state index in [2.05, 4.69) is 5.32 Å². The second-order valence-electron chi connectivity index (χ2n) is 4.89. The van der Waals surface area contributed by atoms with Gasteiger partial charge in [-0.25, -0.2) is 0 Å². The van der Waals surface area contributed by atoms with Crippen LogP contribution in [0.25, 0.3) is 0 Å². The molecule has 0 spiro atoms. The van der Waals surface area contributed by atoms with Crippen molar-refractivity contribution in [3.8, 4) is 5.75 Å². The first-order chi connectivity index (χ1) is 10.6. The molecule has 0 bridgehead atoms. The Kier molecular flexibility index (Phi) is 4.80. The zero-order valence-electron chi connectivity index (χ0n) is 13.0. The van der Waals surface area contributed by atoms with E-state index in [1.165, 1.54) is 12.0 Å². The van der Waals surface area contributed by atoms with Crippen LogP contribution >= 0.6 is 0 Å². The smallest absolute Gasteiger partial charge is 0.258 e. The lowest BCUT2D eigenvalue weighted by Gasteiger charge is -2.29. The highest BCUT2D eigenvalue weighted by atomic mass is 16.5. The molecule has 0 saturated carbocycles. The van der Waals surface area contributed by atoms with E-state index in [-0.39, 0.29) is 18.2 Å². The van der Waals surface area contributed by atoms with E-state index in [0.29, 0.717) is 24.3 Å². The molecule has 6 nitrogen and oxygen atoms in total. The number of nitrogens with one attached hydrogen (secondary N) is 1. The average Bonchev–Trinajstić information content (AvgIpc) is 2.86.